The molecule has 0 unspecified atom stereocenters. The van der Waals surface area contributed by atoms with E-state index in [1.54, 1.807) is 0 Å². The van der Waals surface area contributed by atoms with Crippen molar-refractivity contribution in [2.24, 2.45) is 11.8 Å². The fourth-order valence-corrected chi connectivity index (χ4v) is 2.91. The average Bonchev–Trinajstić information content (AvgIpc) is 2.67. The van der Waals surface area contributed by atoms with E-state index in [4.69, 9.17) is 9.47 Å². The van der Waals surface area contributed by atoms with E-state index in [0.717, 1.165) is 5.92 Å². The SMILES string of the molecule is CC.CC(C)C#CCOCCOCCNC=O.CCSN1CCC(C)CC1. The van der Waals surface area contributed by atoms with Gasteiger partial charge in [-0.05, 0) is 18.8 Å². The molecule has 0 radical (unpaired) electrons. The summed E-state index contributed by atoms with van der Waals surface area (Å²) in [6.07, 6.45) is 3.45. The lowest BCUT2D eigenvalue weighted by atomic mass is 10.0. The smallest absolute Gasteiger partial charge is 0.207 e. The van der Waals surface area contributed by atoms with Crippen LogP contribution in [0.3, 0.4) is 0 Å². The number of amides is 1. The van der Waals surface area contributed by atoms with E-state index in [0.29, 0.717) is 45.3 Å². The van der Waals surface area contributed by atoms with Crippen molar-refractivity contribution in [1.82, 2.24) is 9.62 Å². The number of nitrogens with one attached hydrogen (secondary N) is 1. The molecule has 1 rings (SSSR count). The molecule has 1 N–H and O–H groups in total. The molecule has 0 aliphatic carbocycles. The maximum absolute atomic E-state index is 9.86. The van der Waals surface area contributed by atoms with E-state index in [-0.39, 0.29) is 0 Å². The Kier molecular flexibility index (Phi) is 24.6. The van der Waals surface area contributed by atoms with E-state index in [9.17, 15) is 4.79 Å². The van der Waals surface area contributed by atoms with Gasteiger partial charge in [0.2, 0.25) is 6.41 Å². The Morgan fingerprint density at radius 3 is 2.37 bits per heavy atom. The number of hydrogen-bond donors (Lipinski definition) is 1. The Labute approximate surface area is 172 Å². The average molecular weight is 403 g/mol. The van der Waals surface area contributed by atoms with Crippen molar-refractivity contribution in [3.63, 3.8) is 0 Å². The summed E-state index contributed by atoms with van der Waals surface area (Å²) in [5, 5.41) is 2.50. The molecule has 1 saturated heterocycles. The largest absolute Gasteiger partial charge is 0.377 e. The van der Waals surface area contributed by atoms with Gasteiger partial charge in [0.1, 0.15) is 6.61 Å². The molecule has 0 atom stereocenters. The van der Waals surface area contributed by atoms with Gasteiger partial charge in [-0.1, -0.05) is 65.3 Å². The molecule has 1 fully saturated rings. The molecule has 27 heavy (non-hydrogen) atoms. The number of nitrogens with zero attached hydrogens (tertiary/aromatic N) is 1. The van der Waals surface area contributed by atoms with Crippen molar-refractivity contribution >= 4 is 18.4 Å². The summed E-state index contributed by atoms with van der Waals surface area (Å²) in [5.74, 6) is 8.49. The Morgan fingerprint density at radius 1 is 1.19 bits per heavy atom. The second-order valence-electron chi connectivity index (χ2n) is 6.24. The molecule has 0 aromatic carbocycles. The zero-order valence-electron chi connectivity index (χ0n) is 18.4. The molecule has 1 amide bonds. The monoisotopic (exact) mass is 402 g/mol. The fourth-order valence-electron chi connectivity index (χ4n) is 2.08. The molecule has 0 bridgehead atoms. The van der Waals surface area contributed by atoms with E-state index < -0.39 is 0 Å². The van der Waals surface area contributed by atoms with Gasteiger partial charge in [-0.2, -0.15) is 0 Å². The van der Waals surface area contributed by atoms with Crippen LogP contribution in [0.5, 0.6) is 0 Å². The molecule has 6 heteroatoms. The summed E-state index contributed by atoms with van der Waals surface area (Å²) < 4.78 is 12.9. The Morgan fingerprint density at radius 2 is 1.81 bits per heavy atom. The van der Waals surface area contributed by atoms with Crippen LogP contribution in [0.4, 0.5) is 0 Å². The standard InChI is InChI=1S/C11H19NO3.C8H17NS.C2H6/c1-11(2)4-3-6-14-8-9-15-7-5-12-10-13;1-3-10-9-6-4-8(2)5-7-9;1-2/h10-11H,5-9H2,1-2H3,(H,12,13);8H,3-7H2,1-2H3;1-2H3. The third-order valence-electron chi connectivity index (χ3n) is 3.47. The lowest BCUT2D eigenvalue weighted by Gasteiger charge is -2.28. The van der Waals surface area contributed by atoms with Crippen LogP contribution >= 0.6 is 11.9 Å². The highest BCUT2D eigenvalue weighted by molar-refractivity contribution is 7.96. The van der Waals surface area contributed by atoms with Crippen LogP contribution in [0.15, 0.2) is 0 Å². The van der Waals surface area contributed by atoms with E-state index in [1.807, 2.05) is 39.6 Å². The molecule has 160 valence electrons. The maximum atomic E-state index is 9.86. The van der Waals surface area contributed by atoms with Crippen LogP contribution in [0.1, 0.15) is 54.4 Å². The Hall–Kier alpha value is -0.740. The van der Waals surface area contributed by atoms with Crippen LogP contribution in [0.25, 0.3) is 0 Å². The van der Waals surface area contributed by atoms with Crippen molar-refractivity contribution in [2.45, 2.75) is 54.4 Å². The Balaban J connectivity index is 0. The van der Waals surface area contributed by atoms with Gasteiger partial charge in [0, 0.05) is 31.3 Å². The second-order valence-corrected chi connectivity index (χ2v) is 7.59. The molecular formula is C21H42N2O3S. The van der Waals surface area contributed by atoms with Crippen molar-refractivity contribution < 1.29 is 14.3 Å². The third kappa shape index (κ3) is 23.2. The van der Waals surface area contributed by atoms with Gasteiger partial charge < -0.3 is 14.8 Å². The summed E-state index contributed by atoms with van der Waals surface area (Å²) in [6, 6.07) is 0. The van der Waals surface area contributed by atoms with Gasteiger partial charge in [-0.25, -0.2) is 0 Å². The first-order valence-corrected chi connectivity index (χ1v) is 11.2. The zero-order valence-corrected chi connectivity index (χ0v) is 19.2. The van der Waals surface area contributed by atoms with Crippen LogP contribution in [0.2, 0.25) is 0 Å². The van der Waals surface area contributed by atoms with Gasteiger partial charge in [-0.3, -0.25) is 9.10 Å². The van der Waals surface area contributed by atoms with Crippen molar-refractivity contribution in [1.29, 1.82) is 0 Å². The van der Waals surface area contributed by atoms with Gasteiger partial charge in [0.05, 0.1) is 19.8 Å². The number of hydrogen-bond acceptors (Lipinski definition) is 5. The summed E-state index contributed by atoms with van der Waals surface area (Å²) >= 11 is 1.99. The van der Waals surface area contributed by atoms with E-state index in [1.165, 1.54) is 31.7 Å². The number of carbonyl (C=O) groups is 1. The first-order chi connectivity index (χ1) is 13.1. The van der Waals surface area contributed by atoms with Crippen molar-refractivity contribution in [2.75, 3.05) is 51.8 Å². The molecule has 5 nitrogen and oxygen atoms in total. The lowest BCUT2D eigenvalue weighted by molar-refractivity contribution is -0.109. The molecule has 0 aromatic rings. The van der Waals surface area contributed by atoms with E-state index >= 15 is 0 Å². The van der Waals surface area contributed by atoms with Crippen molar-refractivity contribution in [3.8, 4) is 11.8 Å². The highest BCUT2D eigenvalue weighted by atomic mass is 32.2. The first-order valence-electron chi connectivity index (χ1n) is 10.3. The number of rotatable bonds is 10. The number of ether oxygens (including phenoxy) is 2. The van der Waals surface area contributed by atoms with Crippen LogP contribution in [-0.4, -0.2) is 62.5 Å². The second kappa shape index (κ2) is 23.3. The predicted molar refractivity (Wildman–Crippen MR) is 118 cm³/mol. The minimum atomic E-state index is 0.388. The molecule has 1 aliphatic heterocycles. The van der Waals surface area contributed by atoms with Crippen LogP contribution < -0.4 is 5.32 Å². The highest BCUT2D eigenvalue weighted by Gasteiger charge is 2.14. The minimum Gasteiger partial charge on any atom is -0.377 e. The summed E-state index contributed by atoms with van der Waals surface area (Å²) in [4.78, 5) is 9.86. The number of carbonyl (C=O) groups excluding carboxylic acids is 1. The predicted octanol–water partition coefficient (Wildman–Crippen LogP) is 3.84. The minimum absolute atomic E-state index is 0.388. The topological polar surface area (TPSA) is 50.8 Å². The molecule has 1 heterocycles. The van der Waals surface area contributed by atoms with Crippen LogP contribution in [0, 0.1) is 23.7 Å². The summed E-state index contributed by atoms with van der Waals surface area (Å²) in [6.45, 7) is 17.8. The van der Waals surface area contributed by atoms with Crippen molar-refractivity contribution in [3.05, 3.63) is 0 Å². The first kappa shape index (κ1) is 28.5. The fraction of sp³-hybridized carbons (Fsp3) is 0.857. The van der Waals surface area contributed by atoms with Gasteiger partial charge in [0.15, 0.2) is 0 Å². The zero-order chi connectivity index (χ0) is 20.8. The summed E-state index contributed by atoms with van der Waals surface area (Å²) in [5.41, 5.74) is 0. The molecule has 1 aliphatic rings. The quantitative estimate of drug-likeness (QED) is 0.260. The normalized spacial score (nSPS) is 14.2. The van der Waals surface area contributed by atoms with Crippen LogP contribution in [-0.2, 0) is 14.3 Å². The lowest BCUT2D eigenvalue weighted by Crippen LogP contribution is -2.27. The molecule has 0 saturated carbocycles. The third-order valence-corrected chi connectivity index (χ3v) is 4.45. The van der Waals surface area contributed by atoms with Gasteiger partial charge in [0.25, 0.3) is 0 Å². The maximum Gasteiger partial charge on any atom is 0.207 e. The highest BCUT2D eigenvalue weighted by Crippen LogP contribution is 2.21. The van der Waals surface area contributed by atoms with E-state index in [2.05, 4.69) is 35.3 Å². The molecular weight excluding hydrogens is 360 g/mol. The summed E-state index contributed by atoms with van der Waals surface area (Å²) in [7, 11) is 0. The Bertz CT molecular complexity index is 362. The number of piperidine rings is 1. The van der Waals surface area contributed by atoms with Gasteiger partial charge in [-0.15, -0.1) is 0 Å². The molecule has 0 spiro atoms. The molecule has 0 aromatic heterocycles. The van der Waals surface area contributed by atoms with Gasteiger partial charge >= 0.3 is 0 Å².